The molecule has 4 aromatic rings. The number of amides is 3. The Hall–Kier alpha value is -4.95. The molecule has 14 nitrogen and oxygen atoms in total. The number of hydrogen-bond acceptors (Lipinski definition) is 9. The highest BCUT2D eigenvalue weighted by Crippen LogP contribution is 2.29. The van der Waals surface area contributed by atoms with E-state index in [9.17, 15) is 9.59 Å². The van der Waals surface area contributed by atoms with Gasteiger partial charge < -0.3 is 29.6 Å². The minimum absolute atomic E-state index is 0.132. The van der Waals surface area contributed by atoms with Gasteiger partial charge in [0.2, 0.25) is 0 Å². The third kappa shape index (κ3) is 5.49. The number of aliphatic imine (C=N–C) groups is 1. The van der Waals surface area contributed by atoms with Gasteiger partial charge in [0.05, 0.1) is 54.8 Å². The van der Waals surface area contributed by atoms with Gasteiger partial charge in [-0.25, -0.2) is 14.8 Å². The van der Waals surface area contributed by atoms with Crippen molar-refractivity contribution in [3.63, 3.8) is 0 Å². The maximum Gasteiger partial charge on any atom is 0.322 e. The number of ether oxygens (including phenoxy) is 2. The third-order valence-electron chi connectivity index (χ3n) is 7.18. The molecule has 216 valence electrons. The van der Waals surface area contributed by atoms with E-state index in [4.69, 9.17) is 14.5 Å². The second-order valence-corrected chi connectivity index (χ2v) is 9.89. The maximum absolute atomic E-state index is 13.2. The highest BCUT2D eigenvalue weighted by atomic mass is 16.5. The zero-order valence-corrected chi connectivity index (χ0v) is 23.1. The first-order valence-corrected chi connectivity index (χ1v) is 13.6. The van der Waals surface area contributed by atoms with Gasteiger partial charge in [0.1, 0.15) is 11.2 Å². The van der Waals surface area contributed by atoms with Crippen LogP contribution in [0.15, 0.2) is 47.6 Å². The largest absolute Gasteiger partial charge is 0.378 e. The molecule has 14 heteroatoms. The first-order valence-electron chi connectivity index (χ1n) is 13.6. The molecule has 2 fully saturated rings. The van der Waals surface area contributed by atoms with Crippen LogP contribution in [0, 0.1) is 0 Å². The van der Waals surface area contributed by atoms with Crippen molar-refractivity contribution >= 4 is 46.3 Å². The van der Waals surface area contributed by atoms with Gasteiger partial charge in [-0.1, -0.05) is 0 Å². The molecule has 0 radical (unpaired) electrons. The summed E-state index contributed by atoms with van der Waals surface area (Å²) in [6, 6.07) is 1.72. The summed E-state index contributed by atoms with van der Waals surface area (Å²) < 4.78 is 10.7. The summed E-state index contributed by atoms with van der Waals surface area (Å²) in [6.45, 7) is 9.56. The monoisotopic (exact) mass is 570 g/mol. The van der Waals surface area contributed by atoms with Crippen LogP contribution in [0.1, 0.15) is 22.8 Å². The van der Waals surface area contributed by atoms with Crippen LogP contribution in [0.5, 0.6) is 0 Å². The minimum Gasteiger partial charge on any atom is -0.378 e. The quantitative estimate of drug-likeness (QED) is 0.235. The Bertz CT molecular complexity index is 1710. The van der Waals surface area contributed by atoms with Gasteiger partial charge in [-0.05, 0) is 36.9 Å². The van der Waals surface area contributed by atoms with Crippen molar-refractivity contribution in [2.75, 3.05) is 52.6 Å². The van der Waals surface area contributed by atoms with Gasteiger partial charge in [-0.15, -0.1) is 0 Å². The average molecular weight is 571 g/mol. The van der Waals surface area contributed by atoms with Gasteiger partial charge in [0.25, 0.3) is 5.91 Å². The smallest absolute Gasteiger partial charge is 0.322 e. The van der Waals surface area contributed by atoms with Crippen molar-refractivity contribution < 1.29 is 19.1 Å². The molecule has 4 aromatic heterocycles. The lowest BCUT2D eigenvalue weighted by molar-refractivity contribution is 0.0304. The molecular formula is C28H30N10O4. The second-order valence-electron chi connectivity index (χ2n) is 9.89. The van der Waals surface area contributed by atoms with Crippen molar-refractivity contribution in [2.45, 2.75) is 6.92 Å². The topological polar surface area (TPSA) is 167 Å². The Balaban J connectivity index is 1.29. The van der Waals surface area contributed by atoms with E-state index in [-0.39, 0.29) is 11.9 Å². The molecule has 0 unspecified atom stereocenters. The molecule has 6 rings (SSSR count). The number of carbonyl (C=O) groups is 2. The van der Waals surface area contributed by atoms with E-state index in [1.807, 2.05) is 19.1 Å². The maximum atomic E-state index is 13.2. The lowest BCUT2D eigenvalue weighted by Crippen LogP contribution is -2.45. The summed E-state index contributed by atoms with van der Waals surface area (Å²) in [4.78, 5) is 50.1. The lowest BCUT2D eigenvalue weighted by atomic mass is 10.1. The van der Waals surface area contributed by atoms with Crippen molar-refractivity contribution in [3.05, 3.63) is 53.8 Å². The van der Waals surface area contributed by atoms with Crippen LogP contribution in [0.4, 0.5) is 4.79 Å². The molecule has 42 heavy (non-hydrogen) atoms. The van der Waals surface area contributed by atoms with Gasteiger partial charge >= 0.3 is 6.03 Å². The molecule has 0 saturated carbocycles. The number of nitrogens with zero attached hydrogens (tertiary/aromatic N) is 7. The van der Waals surface area contributed by atoms with E-state index >= 15 is 0 Å². The summed E-state index contributed by atoms with van der Waals surface area (Å²) in [5.41, 5.74) is 4.85. The van der Waals surface area contributed by atoms with Crippen molar-refractivity contribution in [1.29, 1.82) is 0 Å². The number of allylic oxidation sites excluding steroid dienone is 2. The standard InChI is InChI=1S/C28H30N10O4/c1-17(11-19(14-29-2)32-28(40)38-5-9-42-10-6-38)18-12-20-24(35-36-25(20)31-13-18)26-33-22-16-30-15-21(23(22)34-26)27(39)37-3-7-41-8-4-37/h11-16H,2-10H2,1H3,(H,32,40)(H,33,34)(H,31,35,36)/b17-11+,19-14+. The molecule has 0 aliphatic carbocycles. The number of fused-ring (bicyclic) bond motifs is 2. The molecule has 0 atom stereocenters. The van der Waals surface area contributed by atoms with E-state index < -0.39 is 0 Å². The first kappa shape index (κ1) is 27.2. The van der Waals surface area contributed by atoms with Gasteiger partial charge in [0.15, 0.2) is 11.5 Å². The predicted octanol–water partition coefficient (Wildman–Crippen LogP) is 2.36. The number of pyridine rings is 2. The molecule has 2 aliphatic heterocycles. The minimum atomic E-state index is -0.228. The fourth-order valence-corrected chi connectivity index (χ4v) is 4.93. The molecule has 0 aromatic carbocycles. The van der Waals surface area contributed by atoms with Crippen molar-refractivity contribution in [3.8, 4) is 11.5 Å². The molecule has 3 amide bonds. The molecule has 0 spiro atoms. The third-order valence-corrected chi connectivity index (χ3v) is 7.18. The van der Waals surface area contributed by atoms with Gasteiger partial charge in [0, 0.05) is 44.8 Å². The zero-order valence-electron chi connectivity index (χ0n) is 23.1. The Morgan fingerprint density at radius 1 is 1.07 bits per heavy atom. The lowest BCUT2D eigenvalue weighted by Gasteiger charge is -2.27. The number of nitrogens with one attached hydrogen (secondary N) is 3. The Kier molecular flexibility index (Phi) is 7.70. The van der Waals surface area contributed by atoms with E-state index in [2.05, 4.69) is 42.2 Å². The number of aromatic amines is 2. The van der Waals surface area contributed by atoms with Crippen LogP contribution in [0.2, 0.25) is 0 Å². The van der Waals surface area contributed by atoms with Gasteiger partial charge in [-0.2, -0.15) is 5.10 Å². The molecule has 2 saturated heterocycles. The number of H-pyrrole nitrogens is 2. The highest BCUT2D eigenvalue weighted by molar-refractivity contribution is 6.05. The fourth-order valence-electron chi connectivity index (χ4n) is 4.93. The number of hydrogen-bond donors (Lipinski definition) is 3. The van der Waals surface area contributed by atoms with E-state index in [0.717, 1.165) is 16.5 Å². The van der Waals surface area contributed by atoms with Crippen LogP contribution >= 0.6 is 0 Å². The molecule has 6 heterocycles. The van der Waals surface area contributed by atoms with Gasteiger partial charge in [-0.3, -0.25) is 19.9 Å². The number of aromatic nitrogens is 6. The first-order chi connectivity index (χ1) is 20.5. The van der Waals surface area contributed by atoms with Crippen LogP contribution in [0.25, 0.3) is 39.2 Å². The summed E-state index contributed by atoms with van der Waals surface area (Å²) in [6.07, 6.45) is 8.21. The molecule has 0 bridgehead atoms. The number of carbonyl (C=O) groups excluding carboxylic acids is 2. The zero-order chi connectivity index (χ0) is 29.1. The summed E-state index contributed by atoms with van der Waals surface area (Å²) in [5.74, 6) is 0.374. The van der Waals surface area contributed by atoms with Crippen molar-refractivity contribution in [1.82, 2.24) is 45.2 Å². The number of morpholine rings is 2. The summed E-state index contributed by atoms with van der Waals surface area (Å²) in [5, 5.41) is 11.0. The van der Waals surface area contributed by atoms with Crippen molar-refractivity contribution in [2.24, 2.45) is 4.99 Å². The molecule has 2 aliphatic rings. The van der Waals surface area contributed by atoms with Crippen LogP contribution in [-0.2, 0) is 9.47 Å². The number of rotatable bonds is 6. The second kappa shape index (κ2) is 11.9. The fraction of sp³-hybridized carbons (Fsp3) is 0.321. The normalized spacial score (nSPS) is 16.7. The summed E-state index contributed by atoms with van der Waals surface area (Å²) in [7, 11) is 0. The number of urea groups is 1. The Morgan fingerprint density at radius 2 is 1.81 bits per heavy atom. The number of imidazole rings is 1. The molecular weight excluding hydrogens is 540 g/mol. The van der Waals surface area contributed by atoms with Crippen LogP contribution in [-0.4, -0.2) is 111 Å². The summed E-state index contributed by atoms with van der Waals surface area (Å²) >= 11 is 0. The SMILES string of the molecule is C=N/C=C(\C=C(/C)c1cnc2n[nH]c(-c3nc4c(C(=O)N5CCOCC5)cncc4[nH]3)c2c1)NC(=O)N1CCOCC1. The Morgan fingerprint density at radius 3 is 2.55 bits per heavy atom. The van der Waals surface area contributed by atoms with E-state index in [1.54, 1.807) is 28.4 Å². The van der Waals surface area contributed by atoms with Crippen LogP contribution in [0.3, 0.4) is 0 Å². The van der Waals surface area contributed by atoms with E-state index in [0.29, 0.717) is 92.1 Å². The predicted molar refractivity (Wildman–Crippen MR) is 156 cm³/mol. The average Bonchev–Trinajstić information content (AvgIpc) is 3.65. The molecule has 3 N–H and O–H groups in total. The van der Waals surface area contributed by atoms with Crippen LogP contribution < -0.4 is 5.32 Å². The highest BCUT2D eigenvalue weighted by Gasteiger charge is 2.23. The Labute approximate surface area is 240 Å². The van der Waals surface area contributed by atoms with E-state index in [1.165, 1.54) is 6.20 Å².